The average Bonchev–Trinajstić information content (AvgIpc) is 2.94. The van der Waals surface area contributed by atoms with Gasteiger partial charge in [0.15, 0.2) is 5.78 Å². The number of Topliss-reactive ketones (excluding diaryl/α,β-unsaturated/α-hetero) is 1. The van der Waals surface area contributed by atoms with Crippen LogP contribution in [0.4, 0.5) is 4.39 Å². The second-order valence-electron chi connectivity index (χ2n) is 6.53. The number of hydrogen-bond acceptors (Lipinski definition) is 5. The largest absolute Gasteiger partial charge is 0.497 e. The molecule has 0 saturated carbocycles. The molecule has 1 aromatic carbocycles. The van der Waals surface area contributed by atoms with Gasteiger partial charge in [0.05, 0.1) is 12.7 Å². The van der Waals surface area contributed by atoms with Gasteiger partial charge in [-0.25, -0.2) is 14.4 Å². The van der Waals surface area contributed by atoms with Gasteiger partial charge in [-0.1, -0.05) is 24.3 Å². The Balaban J connectivity index is 1.99. The van der Waals surface area contributed by atoms with Gasteiger partial charge in [-0.2, -0.15) is 0 Å². The van der Waals surface area contributed by atoms with E-state index in [0.29, 0.717) is 35.1 Å². The van der Waals surface area contributed by atoms with Crippen LogP contribution in [0.2, 0.25) is 0 Å². The van der Waals surface area contributed by atoms with Gasteiger partial charge in [0.1, 0.15) is 23.0 Å². The van der Waals surface area contributed by atoms with Gasteiger partial charge in [0, 0.05) is 36.9 Å². The molecule has 1 aromatic rings. The third-order valence-corrected chi connectivity index (χ3v) is 4.60. The molecular formula is C21H18FN3O2. The van der Waals surface area contributed by atoms with Gasteiger partial charge in [-0.05, 0) is 18.6 Å². The maximum atomic E-state index is 14.8. The third-order valence-electron chi connectivity index (χ3n) is 4.60. The number of carbonyl (C=O) groups excluding carboxylic acids is 1. The van der Waals surface area contributed by atoms with E-state index in [0.717, 1.165) is 5.57 Å². The smallest absolute Gasteiger partial charge is 0.226 e. The number of ketones is 1. The number of benzene rings is 1. The lowest BCUT2D eigenvalue weighted by atomic mass is 9.81. The van der Waals surface area contributed by atoms with Gasteiger partial charge in [-0.3, -0.25) is 4.79 Å². The van der Waals surface area contributed by atoms with Crippen molar-refractivity contribution in [3.63, 3.8) is 0 Å². The fourth-order valence-corrected chi connectivity index (χ4v) is 3.26. The fraction of sp³-hybridized carbons (Fsp3) is 0.190. The Labute approximate surface area is 156 Å². The number of rotatable bonds is 2. The standard InChI is InChI=1S/C21H18FN3O2/c1-25(2)21-23-18-13-7-5-4-6-8-14(13)20(26)17(19(18)24-21)15-10-9-12(27-3)11-16(15)22/h4,6-11H,5H2,1-3H3. The molecule has 6 heteroatoms. The van der Waals surface area contributed by atoms with Gasteiger partial charge in [-0.15, -0.1) is 0 Å². The van der Waals surface area contributed by atoms with Crippen LogP contribution >= 0.6 is 0 Å². The van der Waals surface area contributed by atoms with Gasteiger partial charge < -0.3 is 9.64 Å². The predicted octanol–water partition coefficient (Wildman–Crippen LogP) is 3.31. The number of halogens is 1. The summed E-state index contributed by atoms with van der Waals surface area (Å²) in [7, 11) is 5.13. The molecule has 0 fully saturated rings. The monoisotopic (exact) mass is 363 g/mol. The first-order chi connectivity index (χ1) is 13.0. The summed E-state index contributed by atoms with van der Waals surface area (Å²) in [5.41, 5.74) is 2.70. The molecule has 0 unspecified atom stereocenters. The summed E-state index contributed by atoms with van der Waals surface area (Å²) in [6, 6.07) is 4.45. The maximum Gasteiger partial charge on any atom is 0.226 e. The minimum absolute atomic E-state index is 0.195. The molecule has 0 aromatic heterocycles. The van der Waals surface area contributed by atoms with Crippen LogP contribution in [0, 0.1) is 5.82 Å². The first-order valence-corrected chi connectivity index (χ1v) is 8.57. The third kappa shape index (κ3) is 2.73. The minimum Gasteiger partial charge on any atom is -0.497 e. The second kappa shape index (κ2) is 6.46. The van der Waals surface area contributed by atoms with Crippen LogP contribution in [0.1, 0.15) is 12.0 Å². The van der Waals surface area contributed by atoms with Crippen molar-refractivity contribution in [1.29, 1.82) is 0 Å². The van der Waals surface area contributed by atoms with E-state index in [9.17, 15) is 9.18 Å². The van der Waals surface area contributed by atoms with Crippen molar-refractivity contribution >= 4 is 23.0 Å². The highest BCUT2D eigenvalue weighted by atomic mass is 19.1. The quantitative estimate of drug-likeness (QED) is 0.810. The number of carbonyl (C=O) groups is 1. The van der Waals surface area contributed by atoms with E-state index in [2.05, 4.69) is 9.98 Å². The van der Waals surface area contributed by atoms with E-state index in [1.165, 1.54) is 13.2 Å². The summed E-state index contributed by atoms with van der Waals surface area (Å²) in [5, 5.41) is 0. The van der Waals surface area contributed by atoms with Crippen LogP contribution in [0.25, 0.3) is 5.57 Å². The molecule has 0 atom stereocenters. The lowest BCUT2D eigenvalue weighted by Gasteiger charge is -2.21. The van der Waals surface area contributed by atoms with Crippen molar-refractivity contribution < 1.29 is 13.9 Å². The fourth-order valence-electron chi connectivity index (χ4n) is 3.26. The van der Waals surface area contributed by atoms with E-state index in [1.54, 1.807) is 23.1 Å². The molecule has 0 spiro atoms. The molecule has 27 heavy (non-hydrogen) atoms. The zero-order chi connectivity index (χ0) is 19.1. The molecule has 0 bridgehead atoms. The van der Waals surface area contributed by atoms with E-state index in [1.807, 2.05) is 32.3 Å². The number of fused-ring (bicyclic) bond motifs is 3. The number of nitrogens with zero attached hydrogens (tertiary/aromatic N) is 3. The lowest BCUT2D eigenvalue weighted by molar-refractivity contribution is -0.110. The van der Waals surface area contributed by atoms with Crippen molar-refractivity contribution in [2.75, 3.05) is 21.2 Å². The molecule has 0 saturated heterocycles. The summed E-state index contributed by atoms with van der Waals surface area (Å²) in [5.74, 6) is 0.0866. The van der Waals surface area contributed by atoms with Gasteiger partial charge in [0.2, 0.25) is 5.96 Å². The van der Waals surface area contributed by atoms with E-state index in [4.69, 9.17) is 4.74 Å². The molecule has 0 N–H and O–H groups in total. The molecule has 2 aliphatic carbocycles. The SMILES string of the molecule is COc1ccc(C2=C3N=C(N(C)C)N=C3C3=CCC=CC=C3C2=O)c(F)c1. The maximum absolute atomic E-state index is 14.8. The van der Waals surface area contributed by atoms with Crippen molar-refractivity contribution in [1.82, 2.24) is 4.90 Å². The van der Waals surface area contributed by atoms with Crippen molar-refractivity contribution in [3.8, 4) is 5.75 Å². The first kappa shape index (κ1) is 17.1. The Morgan fingerprint density at radius 2 is 2.00 bits per heavy atom. The van der Waals surface area contributed by atoms with Crippen molar-refractivity contribution in [3.05, 3.63) is 70.7 Å². The van der Waals surface area contributed by atoms with Crippen LogP contribution in [-0.4, -0.2) is 43.6 Å². The average molecular weight is 363 g/mol. The van der Waals surface area contributed by atoms with E-state index < -0.39 is 5.82 Å². The number of ether oxygens (including phenoxy) is 1. The molecule has 1 heterocycles. The Morgan fingerprint density at radius 1 is 1.19 bits per heavy atom. The van der Waals surface area contributed by atoms with Crippen molar-refractivity contribution in [2.24, 2.45) is 9.98 Å². The van der Waals surface area contributed by atoms with Crippen LogP contribution in [-0.2, 0) is 4.79 Å². The number of methoxy groups -OCH3 is 1. The summed E-state index contributed by atoms with van der Waals surface area (Å²) in [4.78, 5) is 24.2. The molecule has 1 aliphatic heterocycles. The summed E-state index contributed by atoms with van der Waals surface area (Å²) < 4.78 is 19.9. The van der Waals surface area contributed by atoms with Gasteiger partial charge >= 0.3 is 0 Å². The number of guanidine groups is 1. The highest BCUT2D eigenvalue weighted by Crippen LogP contribution is 2.39. The lowest BCUT2D eigenvalue weighted by Crippen LogP contribution is -2.23. The topological polar surface area (TPSA) is 54.3 Å². The molecule has 0 radical (unpaired) electrons. The Morgan fingerprint density at radius 3 is 2.70 bits per heavy atom. The number of hydrogen-bond donors (Lipinski definition) is 0. The second-order valence-corrected chi connectivity index (χ2v) is 6.53. The van der Waals surface area contributed by atoms with Crippen LogP contribution in [0.15, 0.2) is 69.3 Å². The zero-order valence-electron chi connectivity index (χ0n) is 15.3. The Hall–Kier alpha value is -3.28. The molecule has 0 amide bonds. The van der Waals surface area contributed by atoms with Crippen LogP contribution in [0.3, 0.4) is 0 Å². The van der Waals surface area contributed by atoms with E-state index in [-0.39, 0.29) is 16.9 Å². The Bertz CT molecular complexity index is 1040. The Kier molecular flexibility index (Phi) is 4.11. The zero-order valence-corrected chi connectivity index (χ0v) is 15.3. The van der Waals surface area contributed by atoms with Crippen molar-refractivity contribution in [2.45, 2.75) is 6.42 Å². The minimum atomic E-state index is -0.532. The predicted molar refractivity (Wildman–Crippen MR) is 103 cm³/mol. The highest BCUT2D eigenvalue weighted by Gasteiger charge is 2.38. The molecule has 5 nitrogen and oxygen atoms in total. The van der Waals surface area contributed by atoms with Crippen LogP contribution in [0.5, 0.6) is 5.75 Å². The number of aliphatic imine (C=N–C) groups is 2. The molecule has 3 aliphatic rings. The normalized spacial score (nSPS) is 18.1. The first-order valence-electron chi connectivity index (χ1n) is 8.57. The van der Waals surface area contributed by atoms with Gasteiger partial charge in [0.25, 0.3) is 0 Å². The summed E-state index contributed by atoms with van der Waals surface area (Å²) in [6.45, 7) is 0. The van der Waals surface area contributed by atoms with Crippen LogP contribution < -0.4 is 4.74 Å². The summed E-state index contributed by atoms with van der Waals surface area (Å²) >= 11 is 0. The molecule has 136 valence electrons. The summed E-state index contributed by atoms with van der Waals surface area (Å²) in [6.07, 6.45) is 8.21. The molecular weight excluding hydrogens is 345 g/mol. The highest BCUT2D eigenvalue weighted by molar-refractivity contribution is 6.45. The number of allylic oxidation sites excluding steroid dienone is 7. The van der Waals surface area contributed by atoms with E-state index >= 15 is 0 Å². The molecule has 4 rings (SSSR count).